The van der Waals surface area contributed by atoms with Gasteiger partial charge in [0.05, 0.1) is 0 Å². The number of benzene rings is 1. The smallest absolute Gasteiger partial charge is 0.251 e. The molecule has 0 spiro atoms. The van der Waals surface area contributed by atoms with E-state index in [-0.39, 0.29) is 5.91 Å². The molecule has 0 radical (unpaired) electrons. The van der Waals surface area contributed by atoms with Gasteiger partial charge >= 0.3 is 0 Å². The summed E-state index contributed by atoms with van der Waals surface area (Å²) in [5.74, 6) is 0.0583. The Kier molecular flexibility index (Phi) is 3.95. The molecule has 1 aliphatic rings. The van der Waals surface area contributed by atoms with Gasteiger partial charge in [-0.15, -0.1) is 0 Å². The summed E-state index contributed by atoms with van der Waals surface area (Å²) in [7, 11) is 1.97. The van der Waals surface area contributed by atoms with Crippen molar-refractivity contribution in [2.75, 3.05) is 20.1 Å². The molecule has 19 heavy (non-hydrogen) atoms. The standard InChI is InChI=1S/C16H24N2O/c1-11-7-13(3)14(8-12(11)2)15(19)18-10-16(5-6-16)9-17-4/h7-8,17H,5-6,9-10H2,1-4H3,(H,18,19). The first-order valence-corrected chi connectivity index (χ1v) is 6.98. The van der Waals surface area contributed by atoms with Crippen LogP contribution < -0.4 is 10.6 Å². The average molecular weight is 260 g/mol. The van der Waals surface area contributed by atoms with Crippen molar-refractivity contribution in [3.05, 3.63) is 34.4 Å². The molecule has 1 aliphatic carbocycles. The summed E-state index contributed by atoms with van der Waals surface area (Å²) in [4.78, 5) is 12.3. The maximum absolute atomic E-state index is 12.3. The Labute approximate surface area is 115 Å². The van der Waals surface area contributed by atoms with Gasteiger partial charge in [0, 0.05) is 24.1 Å². The van der Waals surface area contributed by atoms with Crippen LogP contribution in [0.3, 0.4) is 0 Å². The molecular weight excluding hydrogens is 236 g/mol. The lowest BCUT2D eigenvalue weighted by molar-refractivity contribution is 0.0944. The second kappa shape index (κ2) is 5.33. The molecule has 0 aliphatic heterocycles. The lowest BCUT2D eigenvalue weighted by Gasteiger charge is -2.16. The van der Waals surface area contributed by atoms with E-state index in [1.54, 1.807) is 0 Å². The zero-order valence-corrected chi connectivity index (χ0v) is 12.4. The van der Waals surface area contributed by atoms with Gasteiger partial charge in [-0.2, -0.15) is 0 Å². The highest BCUT2D eigenvalue weighted by molar-refractivity contribution is 5.96. The molecule has 1 fully saturated rings. The summed E-state index contributed by atoms with van der Waals surface area (Å²) in [6.45, 7) is 7.89. The molecule has 2 N–H and O–H groups in total. The number of carbonyl (C=O) groups is 1. The van der Waals surface area contributed by atoms with Crippen LogP contribution in [0.25, 0.3) is 0 Å². The molecule has 0 unspecified atom stereocenters. The van der Waals surface area contributed by atoms with Gasteiger partial charge in [-0.25, -0.2) is 0 Å². The van der Waals surface area contributed by atoms with Gasteiger partial charge in [-0.3, -0.25) is 4.79 Å². The summed E-state index contributed by atoms with van der Waals surface area (Å²) in [6.07, 6.45) is 2.42. The Morgan fingerprint density at radius 2 is 1.74 bits per heavy atom. The van der Waals surface area contributed by atoms with Crippen LogP contribution in [0.1, 0.15) is 39.9 Å². The number of hydrogen-bond acceptors (Lipinski definition) is 2. The highest BCUT2D eigenvalue weighted by Crippen LogP contribution is 2.44. The highest BCUT2D eigenvalue weighted by Gasteiger charge is 2.41. The van der Waals surface area contributed by atoms with Crippen molar-refractivity contribution in [3.8, 4) is 0 Å². The SMILES string of the molecule is CNCC1(CNC(=O)c2cc(C)c(C)cc2C)CC1. The molecule has 0 aromatic heterocycles. The Bertz CT molecular complexity index is 490. The van der Waals surface area contributed by atoms with E-state index < -0.39 is 0 Å². The summed E-state index contributed by atoms with van der Waals surface area (Å²) < 4.78 is 0. The molecule has 1 saturated carbocycles. The van der Waals surface area contributed by atoms with Crippen molar-refractivity contribution >= 4 is 5.91 Å². The van der Waals surface area contributed by atoms with Crippen molar-refractivity contribution in [3.63, 3.8) is 0 Å². The van der Waals surface area contributed by atoms with E-state index in [1.165, 1.54) is 24.0 Å². The quantitative estimate of drug-likeness (QED) is 0.853. The maximum atomic E-state index is 12.3. The fraction of sp³-hybridized carbons (Fsp3) is 0.562. The van der Waals surface area contributed by atoms with E-state index in [4.69, 9.17) is 0 Å². The van der Waals surface area contributed by atoms with E-state index in [1.807, 2.05) is 20.0 Å². The third-order valence-corrected chi connectivity index (χ3v) is 4.22. The van der Waals surface area contributed by atoms with E-state index in [0.29, 0.717) is 5.41 Å². The maximum Gasteiger partial charge on any atom is 0.251 e. The van der Waals surface area contributed by atoms with Crippen LogP contribution in [0, 0.1) is 26.2 Å². The third kappa shape index (κ3) is 3.16. The number of nitrogens with one attached hydrogen (secondary N) is 2. The largest absolute Gasteiger partial charge is 0.351 e. The number of carbonyl (C=O) groups excluding carboxylic acids is 1. The van der Waals surface area contributed by atoms with Crippen LogP contribution in [0.2, 0.25) is 0 Å². The molecule has 104 valence electrons. The molecular formula is C16H24N2O. The highest BCUT2D eigenvalue weighted by atomic mass is 16.1. The minimum atomic E-state index is 0.0583. The van der Waals surface area contributed by atoms with E-state index >= 15 is 0 Å². The lowest BCUT2D eigenvalue weighted by Crippen LogP contribution is -2.35. The lowest BCUT2D eigenvalue weighted by atomic mass is 10.00. The first kappa shape index (κ1) is 14.1. The molecule has 1 aromatic carbocycles. The summed E-state index contributed by atoms with van der Waals surface area (Å²) in [5, 5.41) is 6.31. The normalized spacial score (nSPS) is 16.2. The van der Waals surface area contributed by atoms with E-state index in [0.717, 1.165) is 24.2 Å². The second-order valence-electron chi connectivity index (χ2n) is 5.96. The predicted octanol–water partition coefficient (Wildman–Crippen LogP) is 2.34. The number of amides is 1. The molecule has 1 amide bonds. The monoisotopic (exact) mass is 260 g/mol. The van der Waals surface area contributed by atoms with Gasteiger partial charge in [-0.1, -0.05) is 6.07 Å². The van der Waals surface area contributed by atoms with Crippen molar-refractivity contribution < 1.29 is 4.79 Å². The Morgan fingerprint density at radius 3 is 2.32 bits per heavy atom. The van der Waals surface area contributed by atoms with Gasteiger partial charge in [-0.05, 0) is 63.4 Å². The third-order valence-electron chi connectivity index (χ3n) is 4.22. The van der Waals surface area contributed by atoms with Gasteiger partial charge in [0.2, 0.25) is 0 Å². The zero-order chi connectivity index (χ0) is 14.0. The van der Waals surface area contributed by atoms with Gasteiger partial charge in [0.15, 0.2) is 0 Å². The molecule has 0 heterocycles. The van der Waals surface area contributed by atoms with Crippen molar-refractivity contribution in [2.24, 2.45) is 5.41 Å². The zero-order valence-electron chi connectivity index (χ0n) is 12.4. The van der Waals surface area contributed by atoms with Crippen molar-refractivity contribution in [1.29, 1.82) is 0 Å². The molecule has 0 saturated heterocycles. The topological polar surface area (TPSA) is 41.1 Å². The first-order valence-electron chi connectivity index (χ1n) is 6.98. The van der Waals surface area contributed by atoms with Crippen LogP contribution in [0.5, 0.6) is 0 Å². The Morgan fingerprint density at radius 1 is 1.11 bits per heavy atom. The summed E-state index contributed by atoms with van der Waals surface area (Å²) in [6, 6.07) is 4.09. The van der Waals surface area contributed by atoms with Crippen LogP contribution >= 0.6 is 0 Å². The van der Waals surface area contributed by atoms with Gasteiger partial charge in [0.25, 0.3) is 5.91 Å². The van der Waals surface area contributed by atoms with Crippen LogP contribution in [0.15, 0.2) is 12.1 Å². The molecule has 0 bridgehead atoms. The number of hydrogen-bond donors (Lipinski definition) is 2. The molecule has 1 aromatic rings. The molecule has 2 rings (SSSR count). The number of aryl methyl sites for hydroxylation is 3. The Hall–Kier alpha value is -1.35. The predicted molar refractivity (Wildman–Crippen MR) is 78.6 cm³/mol. The van der Waals surface area contributed by atoms with Crippen molar-refractivity contribution in [2.45, 2.75) is 33.6 Å². The summed E-state index contributed by atoms with van der Waals surface area (Å²) in [5.41, 5.74) is 4.58. The first-order chi connectivity index (χ1) is 8.97. The molecule has 3 nitrogen and oxygen atoms in total. The molecule has 3 heteroatoms. The minimum absolute atomic E-state index is 0.0583. The minimum Gasteiger partial charge on any atom is -0.351 e. The summed E-state index contributed by atoms with van der Waals surface area (Å²) >= 11 is 0. The molecule has 0 atom stereocenters. The second-order valence-corrected chi connectivity index (χ2v) is 5.96. The average Bonchev–Trinajstić information content (AvgIpc) is 3.12. The number of rotatable bonds is 5. The van der Waals surface area contributed by atoms with Crippen molar-refractivity contribution in [1.82, 2.24) is 10.6 Å². The fourth-order valence-corrected chi connectivity index (χ4v) is 2.54. The van der Waals surface area contributed by atoms with Crippen LogP contribution in [-0.4, -0.2) is 26.0 Å². The van der Waals surface area contributed by atoms with Crippen LogP contribution in [-0.2, 0) is 0 Å². The Balaban J connectivity index is 2.02. The fourth-order valence-electron chi connectivity index (χ4n) is 2.54. The van der Waals surface area contributed by atoms with Gasteiger partial charge in [0.1, 0.15) is 0 Å². The van der Waals surface area contributed by atoms with Crippen LogP contribution in [0.4, 0.5) is 0 Å². The van der Waals surface area contributed by atoms with E-state index in [9.17, 15) is 4.79 Å². The van der Waals surface area contributed by atoms with Gasteiger partial charge < -0.3 is 10.6 Å². The van der Waals surface area contributed by atoms with E-state index in [2.05, 4.69) is 30.5 Å².